The van der Waals surface area contributed by atoms with E-state index in [-0.39, 0.29) is 49.1 Å². The molecule has 0 saturated heterocycles. The summed E-state index contributed by atoms with van der Waals surface area (Å²) >= 11 is 1.23. The lowest BCUT2D eigenvalue weighted by Crippen LogP contribution is -2.30. The average molecular weight is 578 g/mol. The maximum atomic E-state index is 14.9. The zero-order valence-corrected chi connectivity index (χ0v) is 22.5. The second-order valence-electron chi connectivity index (χ2n) is 9.27. The fourth-order valence-corrected chi connectivity index (χ4v) is 5.44. The molecule has 4 aromatic rings. The van der Waals surface area contributed by atoms with Crippen LogP contribution in [-0.4, -0.2) is 33.7 Å². The summed E-state index contributed by atoms with van der Waals surface area (Å²) < 4.78 is 33.6. The van der Waals surface area contributed by atoms with Crippen LogP contribution in [0.1, 0.15) is 44.9 Å². The molecule has 0 unspecified atom stereocenters. The standard InChI is InChI=1S/C30H25F2N3O5S/c31-20-8-10-24(25(32)12-20)30(39,14-27-35-26(17-41-27)22-6-2-1-4-19(22)15-33)11-3-5-18-7-9-21(40-28(36)16-34)13-23(18)29(37)38/h1-2,4,6-10,12-13,17,39H,3,5,11,14,16,34H2,(H,37,38)/t30-/m1/s1. The molecular weight excluding hydrogens is 552 g/mol. The summed E-state index contributed by atoms with van der Waals surface area (Å²) in [6, 6.07) is 16.2. The van der Waals surface area contributed by atoms with Gasteiger partial charge in [-0.25, -0.2) is 18.6 Å². The number of carbonyl (C=O) groups is 2. The Balaban J connectivity index is 1.59. The van der Waals surface area contributed by atoms with E-state index in [1.807, 2.05) is 0 Å². The number of thiazole rings is 1. The Bertz CT molecular complexity index is 1630. The van der Waals surface area contributed by atoms with E-state index in [2.05, 4.69) is 11.1 Å². The van der Waals surface area contributed by atoms with Crippen molar-refractivity contribution in [1.82, 2.24) is 4.98 Å². The van der Waals surface area contributed by atoms with Crippen molar-refractivity contribution < 1.29 is 33.3 Å². The van der Waals surface area contributed by atoms with Crippen molar-refractivity contribution in [3.05, 3.63) is 105 Å². The minimum Gasteiger partial charge on any atom is -0.478 e. The predicted molar refractivity (Wildman–Crippen MR) is 147 cm³/mol. The largest absolute Gasteiger partial charge is 0.478 e. The van der Waals surface area contributed by atoms with E-state index in [0.29, 0.717) is 33.5 Å². The SMILES string of the molecule is N#Cc1ccccc1-c1csc(C[C@](O)(CCCc2ccc(OC(=O)CN)cc2C(=O)O)c2ccc(F)cc2F)n1. The van der Waals surface area contributed by atoms with Gasteiger partial charge in [-0.15, -0.1) is 11.3 Å². The first kappa shape index (κ1) is 29.5. The van der Waals surface area contributed by atoms with Crippen LogP contribution in [0.25, 0.3) is 11.3 Å². The maximum Gasteiger partial charge on any atom is 0.336 e. The predicted octanol–water partition coefficient (Wildman–Crippen LogP) is 4.98. The first-order valence-electron chi connectivity index (χ1n) is 12.5. The molecule has 210 valence electrons. The Hall–Kier alpha value is -4.50. The van der Waals surface area contributed by atoms with Gasteiger partial charge in [-0.3, -0.25) is 4.79 Å². The Kier molecular flexibility index (Phi) is 9.19. The zero-order chi connectivity index (χ0) is 29.6. The van der Waals surface area contributed by atoms with Crippen LogP contribution >= 0.6 is 11.3 Å². The van der Waals surface area contributed by atoms with Gasteiger partial charge in [0.2, 0.25) is 0 Å². The molecule has 1 aromatic heterocycles. The number of hydrogen-bond acceptors (Lipinski definition) is 8. The van der Waals surface area contributed by atoms with Gasteiger partial charge in [0.05, 0.1) is 40.0 Å². The third-order valence-electron chi connectivity index (χ3n) is 6.50. The van der Waals surface area contributed by atoms with Gasteiger partial charge in [-0.05, 0) is 49.1 Å². The summed E-state index contributed by atoms with van der Waals surface area (Å²) in [5, 5.41) is 33.1. The molecule has 0 radical (unpaired) electrons. The fourth-order valence-electron chi connectivity index (χ4n) is 4.54. The van der Waals surface area contributed by atoms with Crippen molar-refractivity contribution in [3.63, 3.8) is 0 Å². The van der Waals surface area contributed by atoms with Crippen molar-refractivity contribution in [2.45, 2.75) is 31.3 Å². The topological polar surface area (TPSA) is 147 Å². The Morgan fingerprint density at radius 1 is 1.12 bits per heavy atom. The minimum atomic E-state index is -1.80. The number of carbonyl (C=O) groups excluding carboxylic acids is 1. The van der Waals surface area contributed by atoms with Crippen molar-refractivity contribution in [2.24, 2.45) is 5.73 Å². The number of carboxylic acids is 1. The van der Waals surface area contributed by atoms with E-state index in [0.717, 1.165) is 6.07 Å². The first-order chi connectivity index (χ1) is 19.6. The summed E-state index contributed by atoms with van der Waals surface area (Å²) in [7, 11) is 0. The van der Waals surface area contributed by atoms with E-state index >= 15 is 0 Å². The number of benzene rings is 3. The monoisotopic (exact) mass is 577 g/mol. The molecule has 11 heteroatoms. The van der Waals surface area contributed by atoms with Gasteiger partial charge < -0.3 is 20.7 Å². The van der Waals surface area contributed by atoms with Crippen molar-refractivity contribution >= 4 is 23.3 Å². The maximum absolute atomic E-state index is 14.9. The molecule has 0 aliphatic rings. The number of aryl methyl sites for hydroxylation is 1. The number of rotatable bonds is 11. The molecule has 0 amide bonds. The molecule has 0 bridgehead atoms. The molecule has 41 heavy (non-hydrogen) atoms. The average Bonchev–Trinajstić information content (AvgIpc) is 3.41. The molecule has 0 spiro atoms. The lowest BCUT2D eigenvalue weighted by Gasteiger charge is -2.28. The second-order valence-corrected chi connectivity index (χ2v) is 10.2. The van der Waals surface area contributed by atoms with Crippen molar-refractivity contribution in [2.75, 3.05) is 6.54 Å². The number of nitrogens with two attached hydrogens (primary N) is 1. The highest BCUT2D eigenvalue weighted by Gasteiger charge is 2.34. The van der Waals surface area contributed by atoms with Crippen molar-refractivity contribution in [3.8, 4) is 23.1 Å². The molecule has 1 atom stereocenters. The lowest BCUT2D eigenvalue weighted by atomic mass is 9.84. The van der Waals surface area contributed by atoms with E-state index in [9.17, 15) is 33.8 Å². The van der Waals surface area contributed by atoms with E-state index < -0.39 is 29.2 Å². The number of esters is 1. The second kappa shape index (κ2) is 12.8. The summed E-state index contributed by atoms with van der Waals surface area (Å²) in [6.07, 6.45) is 0.304. The molecule has 0 saturated carbocycles. The first-order valence-corrected chi connectivity index (χ1v) is 13.4. The number of aromatic carboxylic acids is 1. The zero-order valence-electron chi connectivity index (χ0n) is 21.6. The number of hydrogen-bond donors (Lipinski definition) is 3. The van der Waals surface area contributed by atoms with E-state index in [1.54, 1.807) is 29.6 Å². The normalized spacial score (nSPS) is 12.4. The number of aromatic nitrogens is 1. The Morgan fingerprint density at radius 2 is 1.90 bits per heavy atom. The number of nitriles is 1. The minimum absolute atomic E-state index is 0.0117. The van der Waals surface area contributed by atoms with Gasteiger partial charge in [0.1, 0.15) is 17.4 Å². The highest BCUT2D eigenvalue weighted by atomic mass is 32.1. The Morgan fingerprint density at radius 3 is 2.61 bits per heavy atom. The molecule has 0 fully saturated rings. The summed E-state index contributed by atoms with van der Waals surface area (Å²) in [5.41, 5.74) is 5.23. The quantitative estimate of drug-likeness (QED) is 0.167. The number of carboxylic acid groups (broad SMARTS) is 1. The molecule has 3 aromatic carbocycles. The van der Waals surface area contributed by atoms with Crippen LogP contribution in [0.4, 0.5) is 8.78 Å². The highest BCUT2D eigenvalue weighted by Crippen LogP contribution is 2.36. The molecule has 8 nitrogen and oxygen atoms in total. The van der Waals surface area contributed by atoms with Gasteiger partial charge in [0.15, 0.2) is 0 Å². The molecule has 0 aliphatic carbocycles. The fraction of sp³-hybridized carbons (Fsp3) is 0.200. The van der Waals surface area contributed by atoms with Crippen LogP contribution in [0.3, 0.4) is 0 Å². The Labute approximate surface area is 238 Å². The van der Waals surface area contributed by atoms with Crippen LogP contribution in [0.15, 0.2) is 66.0 Å². The number of aliphatic hydroxyl groups is 1. The molecule has 1 heterocycles. The van der Waals surface area contributed by atoms with Gasteiger partial charge >= 0.3 is 11.9 Å². The smallest absolute Gasteiger partial charge is 0.336 e. The van der Waals surface area contributed by atoms with Crippen LogP contribution in [0.2, 0.25) is 0 Å². The van der Waals surface area contributed by atoms with Crippen LogP contribution in [-0.2, 0) is 23.2 Å². The third-order valence-corrected chi connectivity index (χ3v) is 7.35. The molecule has 4 N–H and O–H groups in total. The van der Waals surface area contributed by atoms with E-state index in [1.165, 1.54) is 35.6 Å². The third kappa shape index (κ3) is 6.99. The molecule has 0 aliphatic heterocycles. The van der Waals surface area contributed by atoms with Crippen LogP contribution < -0.4 is 10.5 Å². The highest BCUT2D eigenvalue weighted by molar-refractivity contribution is 7.10. The molecule has 4 rings (SSSR count). The number of halogens is 2. The summed E-state index contributed by atoms with van der Waals surface area (Å²) in [6.45, 7) is -0.367. The van der Waals surface area contributed by atoms with Gasteiger partial charge in [-0.2, -0.15) is 5.26 Å². The summed E-state index contributed by atoms with van der Waals surface area (Å²) in [4.78, 5) is 27.9. The number of ether oxygens (including phenoxy) is 1. The van der Waals surface area contributed by atoms with Gasteiger partial charge in [0.25, 0.3) is 0 Å². The van der Waals surface area contributed by atoms with Crippen molar-refractivity contribution in [1.29, 1.82) is 5.26 Å². The van der Waals surface area contributed by atoms with Crippen LogP contribution in [0, 0.1) is 23.0 Å². The molecular formula is C30H25F2N3O5S. The lowest BCUT2D eigenvalue weighted by molar-refractivity contribution is -0.132. The van der Waals surface area contributed by atoms with Gasteiger partial charge in [0, 0.05) is 29.0 Å². The summed E-state index contributed by atoms with van der Waals surface area (Å²) in [5.74, 6) is -3.64. The van der Waals surface area contributed by atoms with Gasteiger partial charge in [-0.1, -0.05) is 30.3 Å². The van der Waals surface area contributed by atoms with Crippen LogP contribution in [0.5, 0.6) is 5.75 Å². The van der Waals surface area contributed by atoms with E-state index in [4.69, 9.17) is 10.5 Å². The number of nitrogens with zero attached hydrogens (tertiary/aromatic N) is 2.